The summed E-state index contributed by atoms with van der Waals surface area (Å²) in [5, 5.41) is 27.1. The van der Waals surface area contributed by atoms with Crippen LogP contribution in [0, 0.1) is 5.41 Å². The van der Waals surface area contributed by atoms with Crippen molar-refractivity contribution in [2.24, 2.45) is 0 Å². The van der Waals surface area contributed by atoms with Crippen molar-refractivity contribution in [1.82, 2.24) is 9.54 Å². The van der Waals surface area contributed by atoms with Gasteiger partial charge in [0.15, 0.2) is 7.64 Å². The van der Waals surface area contributed by atoms with E-state index in [1.54, 1.807) is 0 Å². The fourth-order valence-electron chi connectivity index (χ4n) is 1.87. The van der Waals surface area contributed by atoms with Gasteiger partial charge in [0.25, 0.3) is 0 Å². The van der Waals surface area contributed by atoms with Crippen LogP contribution >= 0.6 is 6.72 Å². The molecule has 0 amide bonds. The first-order valence-electron chi connectivity index (χ1n) is 6.16. The molecule has 21 heavy (non-hydrogen) atoms. The fraction of sp³-hybridized carbons (Fsp3) is 0.556. The van der Waals surface area contributed by atoms with Crippen molar-refractivity contribution in [1.29, 1.82) is 5.41 Å². The van der Waals surface area contributed by atoms with Crippen LogP contribution in [0.25, 0.3) is 0 Å². The first kappa shape index (κ1) is 15.0. The number of aromatic amines is 1. The predicted molar refractivity (Wildman–Crippen MR) is 71.5 cm³/mol. The van der Waals surface area contributed by atoms with Gasteiger partial charge < -0.3 is 29.3 Å². The van der Waals surface area contributed by atoms with E-state index >= 15 is 0 Å². The molecule has 12 heteroatoms. The number of nitrogens with zero attached hydrogens (tertiary/aromatic N) is 1. The number of H-pyrrole nitrogens is 1. The van der Waals surface area contributed by atoms with E-state index in [4.69, 9.17) is 21.3 Å². The van der Waals surface area contributed by atoms with Crippen molar-refractivity contribution in [3.05, 3.63) is 28.2 Å². The van der Waals surface area contributed by atoms with E-state index in [0.717, 1.165) is 16.8 Å². The molecule has 1 aliphatic rings. The number of ether oxygens (including phenoxy) is 1. The summed E-state index contributed by atoms with van der Waals surface area (Å²) >= 11 is 4.26. The maximum absolute atomic E-state index is 11.9. The Balaban J connectivity index is 2.24. The van der Waals surface area contributed by atoms with E-state index in [0.29, 0.717) is 0 Å². The maximum atomic E-state index is 11.9. The summed E-state index contributed by atoms with van der Waals surface area (Å²) in [6, 6.07) is 1.14. The average molecular weight is 340 g/mol. The Morgan fingerprint density at radius 1 is 1.57 bits per heavy atom. The van der Waals surface area contributed by atoms with Gasteiger partial charge in [-0.3, -0.25) is 15.0 Å². The minimum atomic E-state index is -3.95. The van der Waals surface area contributed by atoms with Gasteiger partial charge in [-0.1, -0.05) is 0 Å². The highest BCUT2D eigenvalue weighted by Crippen LogP contribution is 2.38. The van der Waals surface area contributed by atoms with Crippen molar-refractivity contribution in [3.63, 3.8) is 0 Å². The third-order valence-corrected chi connectivity index (χ3v) is 3.65. The lowest BCUT2D eigenvalue weighted by Gasteiger charge is -2.17. The van der Waals surface area contributed by atoms with E-state index in [1.165, 1.54) is 0 Å². The summed E-state index contributed by atoms with van der Waals surface area (Å²) in [4.78, 5) is 30.1. The van der Waals surface area contributed by atoms with Crippen molar-refractivity contribution in [2.45, 2.75) is 24.5 Å². The number of aliphatic hydroxyl groups is 2. The van der Waals surface area contributed by atoms with Crippen molar-refractivity contribution in [3.8, 4) is 0 Å². The summed E-state index contributed by atoms with van der Waals surface area (Å²) in [6.07, 6.45) is -4.31. The van der Waals surface area contributed by atoms with E-state index in [-0.39, 0.29) is 10.5 Å². The molecule has 4 atom stereocenters. The molecule has 0 spiro atoms. The van der Waals surface area contributed by atoms with Crippen molar-refractivity contribution >= 4 is 18.5 Å². The van der Waals surface area contributed by atoms with Crippen LogP contribution in [0.4, 0.5) is 0 Å². The lowest BCUT2D eigenvalue weighted by atomic mass is 10.1. The number of aromatic nitrogens is 2. The summed E-state index contributed by atoms with van der Waals surface area (Å²) in [6.45, 7) is -4.44. The number of aliphatic hydroxyl groups excluding tert-OH is 2. The second-order valence-electron chi connectivity index (χ2n) is 4.34. The molecule has 10 nitrogen and oxygen atoms in total. The monoisotopic (exact) mass is 340 g/mol. The highest BCUT2D eigenvalue weighted by molar-refractivity contribution is 8.06. The van der Waals surface area contributed by atoms with Gasteiger partial charge in [-0.2, -0.15) is 0 Å². The van der Waals surface area contributed by atoms with Crippen LogP contribution in [0.2, 0.25) is 1.41 Å². The third kappa shape index (κ3) is 3.84. The van der Waals surface area contributed by atoms with Gasteiger partial charge in [-0.25, -0.2) is 4.79 Å². The third-order valence-electron chi connectivity index (χ3n) is 2.85. The largest absolute Gasteiger partial charge is 0.387 e. The summed E-state index contributed by atoms with van der Waals surface area (Å²) in [5.74, 6) is 0. The maximum Gasteiger partial charge on any atom is 0.329 e. The molecule has 118 valence electrons. The topological polar surface area (TPSA) is 161 Å². The molecular formula is C9H14N3O7PS. The molecule has 0 aromatic carbocycles. The molecule has 6 N–H and O–H groups in total. The van der Waals surface area contributed by atoms with Crippen LogP contribution in [0.3, 0.4) is 0 Å². The lowest BCUT2D eigenvalue weighted by molar-refractivity contribution is -0.0527. The first-order chi connectivity index (χ1) is 10.1. The molecule has 2 rings (SSSR count). The second kappa shape index (κ2) is 6.07. The van der Waals surface area contributed by atoms with Crippen LogP contribution in [0.15, 0.2) is 17.1 Å². The Bertz CT molecular complexity index is 718. The van der Waals surface area contributed by atoms with Gasteiger partial charge >= 0.3 is 12.4 Å². The molecule has 1 aliphatic heterocycles. The number of nitrogens with one attached hydrogen (secondary N) is 2. The Morgan fingerprint density at radius 2 is 2.24 bits per heavy atom. The van der Waals surface area contributed by atoms with Crippen LogP contribution in [-0.2, 0) is 21.1 Å². The summed E-state index contributed by atoms with van der Waals surface area (Å²) in [5.41, 5.74) is -1.31. The second-order valence-corrected chi connectivity index (χ2v) is 7.00. The molecule has 0 bridgehead atoms. The zero-order valence-corrected chi connectivity index (χ0v) is 12.1. The van der Waals surface area contributed by atoms with E-state index < -0.39 is 43.6 Å². The molecule has 0 aliphatic carbocycles. The van der Waals surface area contributed by atoms with Crippen molar-refractivity contribution in [2.75, 3.05) is 6.61 Å². The van der Waals surface area contributed by atoms with Crippen LogP contribution in [0.1, 0.15) is 6.23 Å². The van der Waals surface area contributed by atoms with Crippen molar-refractivity contribution < 1.29 is 30.7 Å². The van der Waals surface area contributed by atoms with Gasteiger partial charge in [0, 0.05) is 6.20 Å². The standard InChI is InChI=1S/C9H14N3O7PS/c10-5-1-2-12(9(15)11-5)8-7(14)6(13)4(19-8)3-18-20(16,17)21/h1-2,4,6-8,13-14H,3H2,(H2,10,11,15)(H2,16,17,21)/t4-,6-,7-,8-/m1/s1/i/hD. The average Bonchev–Trinajstić information content (AvgIpc) is 2.70. The molecular weight excluding hydrogens is 325 g/mol. The molecule has 1 aromatic rings. The van der Waals surface area contributed by atoms with Crippen LogP contribution < -0.4 is 11.2 Å². The molecule has 0 saturated carbocycles. The summed E-state index contributed by atoms with van der Waals surface area (Å²) < 4.78 is 18.1. The Morgan fingerprint density at radius 3 is 2.86 bits per heavy atom. The smallest absolute Gasteiger partial charge is 0.329 e. The Labute approximate surface area is 124 Å². The Hall–Kier alpha value is -0.910. The Kier molecular flexibility index (Phi) is 4.33. The highest BCUT2D eigenvalue weighted by Gasteiger charge is 2.44. The SMILES string of the molecule is [2H]n1c(=N)ccn([C@@H]2O[C@H](COP(O)(O)=S)[C@@H](O)[C@H]2O)c1=O. The zero-order valence-electron chi connectivity index (χ0n) is 11.4. The fourth-order valence-corrected chi connectivity index (χ4v) is 2.40. The van der Waals surface area contributed by atoms with Gasteiger partial charge in [-0.15, -0.1) is 0 Å². The zero-order chi connectivity index (χ0) is 16.7. The predicted octanol–water partition coefficient (Wildman–Crippen LogP) is -2.50. The normalized spacial score (nSPS) is 30.4. The number of hydrogen-bond donors (Lipinski definition) is 6. The van der Waals surface area contributed by atoms with E-state index in [9.17, 15) is 15.0 Å². The van der Waals surface area contributed by atoms with Crippen LogP contribution in [-0.4, -0.2) is 54.5 Å². The van der Waals surface area contributed by atoms with E-state index in [1.807, 2.05) is 0 Å². The molecule has 1 aromatic heterocycles. The summed E-state index contributed by atoms with van der Waals surface area (Å²) in [7, 11) is 0. The number of rotatable bonds is 4. The van der Waals surface area contributed by atoms with Crippen LogP contribution in [0.5, 0.6) is 0 Å². The minimum absolute atomic E-state index is 0.285. The molecule has 1 saturated heterocycles. The van der Waals surface area contributed by atoms with E-state index in [2.05, 4.69) is 16.3 Å². The quantitative estimate of drug-likeness (QED) is 0.328. The highest BCUT2D eigenvalue weighted by atomic mass is 32.5. The number of hydrogen-bond acceptors (Lipinski definition) is 7. The molecule has 1 fully saturated rings. The lowest BCUT2D eigenvalue weighted by Crippen LogP contribution is -2.37. The molecule has 0 radical (unpaired) electrons. The van der Waals surface area contributed by atoms with Gasteiger partial charge in [0.05, 0.1) is 6.61 Å². The van der Waals surface area contributed by atoms with Gasteiger partial charge in [0.2, 0.25) is 0 Å². The first-order valence-corrected chi connectivity index (χ1v) is 8.34. The minimum Gasteiger partial charge on any atom is -0.387 e. The molecule has 0 unspecified atom stereocenters. The van der Waals surface area contributed by atoms with Gasteiger partial charge in [-0.05, 0) is 17.9 Å². The molecule has 2 heterocycles. The van der Waals surface area contributed by atoms with Gasteiger partial charge in [0.1, 0.15) is 23.8 Å².